The zero-order valence-electron chi connectivity index (χ0n) is 9.21. The Morgan fingerprint density at radius 3 is 3.00 bits per heavy atom. The van der Waals surface area contributed by atoms with Crippen molar-refractivity contribution in [3.63, 3.8) is 0 Å². The molecule has 82 valence electrons. The van der Waals surface area contributed by atoms with Crippen LogP contribution < -0.4 is 5.32 Å². The molecular formula is C13H14N2O. The van der Waals surface area contributed by atoms with Gasteiger partial charge in [-0.2, -0.15) is 0 Å². The average molecular weight is 214 g/mol. The Morgan fingerprint density at radius 1 is 1.44 bits per heavy atom. The molecule has 0 aliphatic heterocycles. The molecule has 0 saturated heterocycles. The minimum absolute atomic E-state index is 0.0699. The molecule has 2 aromatic rings. The molecule has 1 aromatic heterocycles. The third-order valence-corrected chi connectivity index (χ3v) is 2.37. The number of amides is 1. The largest absolute Gasteiger partial charge is 0.361 e. The summed E-state index contributed by atoms with van der Waals surface area (Å²) in [5, 5.41) is 3.91. The number of carbonyl (C=O) groups is 1. The molecule has 0 saturated carbocycles. The van der Waals surface area contributed by atoms with Gasteiger partial charge in [0.05, 0.1) is 0 Å². The molecule has 0 radical (unpaired) electrons. The lowest BCUT2D eigenvalue weighted by atomic mass is 10.1. The highest BCUT2D eigenvalue weighted by Gasteiger charge is 2.05. The van der Waals surface area contributed by atoms with Crippen molar-refractivity contribution >= 4 is 16.8 Å². The highest BCUT2D eigenvalue weighted by Crippen LogP contribution is 2.13. The summed E-state index contributed by atoms with van der Waals surface area (Å²) in [7, 11) is 0. The van der Waals surface area contributed by atoms with Gasteiger partial charge in [0.25, 0.3) is 5.91 Å². The molecular weight excluding hydrogens is 200 g/mol. The molecule has 2 N–H and O–H groups in total. The van der Waals surface area contributed by atoms with Gasteiger partial charge in [0.15, 0.2) is 0 Å². The molecule has 0 atom stereocenters. The molecule has 3 heteroatoms. The highest BCUT2D eigenvalue weighted by molar-refractivity contribution is 5.97. The monoisotopic (exact) mass is 214 g/mol. The molecule has 1 heterocycles. The number of H-pyrrole nitrogens is 1. The minimum atomic E-state index is -0.0699. The Bertz CT molecular complexity index is 540. The van der Waals surface area contributed by atoms with E-state index < -0.39 is 0 Å². The Kier molecular flexibility index (Phi) is 2.77. The van der Waals surface area contributed by atoms with Crippen molar-refractivity contribution in [2.45, 2.75) is 6.92 Å². The van der Waals surface area contributed by atoms with Crippen LogP contribution in [-0.4, -0.2) is 17.4 Å². The first-order valence-corrected chi connectivity index (χ1v) is 5.16. The van der Waals surface area contributed by atoms with E-state index in [0.29, 0.717) is 12.1 Å². The summed E-state index contributed by atoms with van der Waals surface area (Å²) in [6.07, 6.45) is 1.86. The molecule has 0 unspecified atom stereocenters. The maximum Gasteiger partial charge on any atom is 0.251 e. The molecule has 0 bridgehead atoms. The summed E-state index contributed by atoms with van der Waals surface area (Å²) in [5.41, 5.74) is 2.58. The molecule has 0 fully saturated rings. The van der Waals surface area contributed by atoms with Crippen molar-refractivity contribution in [2.24, 2.45) is 0 Å². The molecule has 1 aromatic carbocycles. The summed E-state index contributed by atoms with van der Waals surface area (Å²) in [6.45, 7) is 6.14. The van der Waals surface area contributed by atoms with E-state index in [1.165, 1.54) is 0 Å². The number of rotatable bonds is 3. The Hall–Kier alpha value is -2.03. The number of carbonyl (C=O) groups excluding carboxylic acids is 1. The van der Waals surface area contributed by atoms with Crippen molar-refractivity contribution < 1.29 is 4.79 Å². The van der Waals surface area contributed by atoms with Gasteiger partial charge >= 0.3 is 0 Å². The van der Waals surface area contributed by atoms with E-state index in [-0.39, 0.29) is 5.91 Å². The van der Waals surface area contributed by atoms with E-state index in [9.17, 15) is 4.79 Å². The lowest BCUT2D eigenvalue weighted by Gasteiger charge is -2.04. The van der Waals surface area contributed by atoms with E-state index in [1.54, 1.807) is 0 Å². The van der Waals surface area contributed by atoms with Crippen molar-refractivity contribution in [2.75, 3.05) is 6.54 Å². The lowest BCUT2D eigenvalue weighted by molar-refractivity contribution is 0.0957. The van der Waals surface area contributed by atoms with Gasteiger partial charge in [0.2, 0.25) is 0 Å². The van der Waals surface area contributed by atoms with Crippen molar-refractivity contribution in [1.29, 1.82) is 0 Å². The van der Waals surface area contributed by atoms with Crippen LogP contribution in [0, 0.1) is 0 Å². The van der Waals surface area contributed by atoms with Gasteiger partial charge in [0.1, 0.15) is 0 Å². The maximum atomic E-state index is 11.7. The van der Waals surface area contributed by atoms with Crippen LogP contribution >= 0.6 is 0 Å². The SMILES string of the molecule is C=C(C)CNC(=O)c1ccc2cc[nH]c2c1. The van der Waals surface area contributed by atoms with Gasteiger partial charge in [0, 0.05) is 23.8 Å². The van der Waals surface area contributed by atoms with E-state index in [0.717, 1.165) is 16.5 Å². The van der Waals surface area contributed by atoms with Crippen LogP contribution in [0.2, 0.25) is 0 Å². The van der Waals surface area contributed by atoms with Crippen molar-refractivity contribution in [1.82, 2.24) is 10.3 Å². The molecule has 2 rings (SSSR count). The predicted octanol–water partition coefficient (Wildman–Crippen LogP) is 2.47. The van der Waals surface area contributed by atoms with Crippen LogP contribution in [-0.2, 0) is 0 Å². The second kappa shape index (κ2) is 4.23. The van der Waals surface area contributed by atoms with Gasteiger partial charge < -0.3 is 10.3 Å². The summed E-state index contributed by atoms with van der Waals surface area (Å²) >= 11 is 0. The first kappa shape index (κ1) is 10.5. The van der Waals surface area contributed by atoms with Crippen LogP contribution in [0.25, 0.3) is 10.9 Å². The number of aromatic amines is 1. The number of aromatic nitrogens is 1. The molecule has 0 aliphatic rings. The topological polar surface area (TPSA) is 44.9 Å². The van der Waals surface area contributed by atoms with E-state index in [4.69, 9.17) is 0 Å². The fourth-order valence-electron chi connectivity index (χ4n) is 1.52. The summed E-state index contributed by atoms with van der Waals surface area (Å²) in [4.78, 5) is 14.8. The lowest BCUT2D eigenvalue weighted by Crippen LogP contribution is -2.24. The van der Waals surface area contributed by atoms with Gasteiger partial charge in [-0.3, -0.25) is 4.79 Å². The number of nitrogens with one attached hydrogen (secondary N) is 2. The summed E-state index contributed by atoms with van der Waals surface area (Å²) in [5.74, 6) is -0.0699. The van der Waals surface area contributed by atoms with Crippen molar-refractivity contribution in [3.05, 3.63) is 48.2 Å². The first-order chi connectivity index (χ1) is 7.66. The summed E-state index contributed by atoms with van der Waals surface area (Å²) < 4.78 is 0. The number of hydrogen-bond acceptors (Lipinski definition) is 1. The summed E-state index contributed by atoms with van der Waals surface area (Å²) in [6, 6.07) is 7.58. The normalized spacial score (nSPS) is 10.3. The first-order valence-electron chi connectivity index (χ1n) is 5.16. The van der Waals surface area contributed by atoms with Gasteiger partial charge in [-0.25, -0.2) is 0 Å². The molecule has 0 spiro atoms. The zero-order chi connectivity index (χ0) is 11.5. The van der Waals surface area contributed by atoms with Crippen LogP contribution in [0.3, 0.4) is 0 Å². The third kappa shape index (κ3) is 2.14. The van der Waals surface area contributed by atoms with E-state index >= 15 is 0 Å². The van der Waals surface area contributed by atoms with Gasteiger partial charge in [-0.15, -0.1) is 0 Å². The van der Waals surface area contributed by atoms with Gasteiger partial charge in [-0.1, -0.05) is 18.2 Å². The second-order valence-electron chi connectivity index (χ2n) is 3.92. The van der Waals surface area contributed by atoms with Crippen molar-refractivity contribution in [3.8, 4) is 0 Å². The third-order valence-electron chi connectivity index (χ3n) is 2.37. The van der Waals surface area contributed by atoms with Crippen LogP contribution in [0.15, 0.2) is 42.6 Å². The van der Waals surface area contributed by atoms with E-state index in [1.807, 2.05) is 37.4 Å². The Morgan fingerprint density at radius 2 is 2.25 bits per heavy atom. The average Bonchev–Trinajstić information content (AvgIpc) is 2.72. The molecule has 1 amide bonds. The molecule has 3 nitrogen and oxygen atoms in total. The number of benzene rings is 1. The van der Waals surface area contributed by atoms with Crippen LogP contribution in [0.1, 0.15) is 17.3 Å². The smallest absolute Gasteiger partial charge is 0.251 e. The quantitative estimate of drug-likeness (QED) is 0.757. The second-order valence-corrected chi connectivity index (χ2v) is 3.92. The fraction of sp³-hybridized carbons (Fsp3) is 0.154. The van der Waals surface area contributed by atoms with E-state index in [2.05, 4.69) is 16.9 Å². The van der Waals surface area contributed by atoms with Crippen LogP contribution in [0.4, 0.5) is 0 Å². The zero-order valence-corrected chi connectivity index (χ0v) is 9.21. The standard InChI is InChI=1S/C13H14N2O/c1-9(2)8-15-13(16)11-4-3-10-5-6-14-12(10)7-11/h3-7,14H,1,8H2,2H3,(H,15,16). The Labute approximate surface area is 94.2 Å². The predicted molar refractivity (Wildman–Crippen MR) is 65.4 cm³/mol. The van der Waals surface area contributed by atoms with Gasteiger partial charge in [-0.05, 0) is 30.5 Å². The molecule has 0 aliphatic carbocycles. The van der Waals surface area contributed by atoms with Crippen LogP contribution in [0.5, 0.6) is 0 Å². The highest BCUT2D eigenvalue weighted by atomic mass is 16.1. The maximum absolute atomic E-state index is 11.7. The fourth-order valence-corrected chi connectivity index (χ4v) is 1.52. The Balaban J connectivity index is 2.19. The number of fused-ring (bicyclic) bond motifs is 1. The number of hydrogen-bond donors (Lipinski definition) is 2. The molecule has 16 heavy (non-hydrogen) atoms. The minimum Gasteiger partial charge on any atom is -0.361 e.